The van der Waals surface area contributed by atoms with Gasteiger partial charge in [0.1, 0.15) is 10.9 Å². The third-order valence-electron chi connectivity index (χ3n) is 3.40. The van der Waals surface area contributed by atoms with Crippen molar-refractivity contribution in [1.29, 1.82) is 0 Å². The molecule has 1 saturated carbocycles. The lowest BCUT2D eigenvalue weighted by Gasteiger charge is -2.13. The molecule has 2 heterocycles. The Bertz CT molecular complexity index is 575. The molecule has 1 fully saturated rings. The molecule has 102 valence electrons. The fraction of sp³-hybridized carbons (Fsp3) is 0.571. The second-order valence-corrected chi connectivity index (χ2v) is 6.22. The van der Waals surface area contributed by atoms with Crippen molar-refractivity contribution in [3.8, 4) is 5.88 Å². The highest BCUT2D eigenvalue weighted by Crippen LogP contribution is 2.33. The Morgan fingerprint density at radius 3 is 2.89 bits per heavy atom. The van der Waals surface area contributed by atoms with Crippen LogP contribution in [0.5, 0.6) is 5.88 Å². The summed E-state index contributed by atoms with van der Waals surface area (Å²) in [6, 6.07) is 2.13. The van der Waals surface area contributed by atoms with Crippen LogP contribution < -0.4 is 10.1 Å². The van der Waals surface area contributed by atoms with E-state index in [-0.39, 0.29) is 0 Å². The molecule has 4 nitrogen and oxygen atoms in total. The number of ether oxygens (including phenoxy) is 1. The fourth-order valence-corrected chi connectivity index (χ4v) is 3.38. The van der Waals surface area contributed by atoms with E-state index in [1.165, 1.54) is 17.7 Å². The lowest BCUT2D eigenvalue weighted by molar-refractivity contribution is 0.204. The number of nitrogens with zero attached hydrogens (tertiary/aromatic N) is 2. The van der Waals surface area contributed by atoms with Gasteiger partial charge in [-0.3, -0.25) is 0 Å². The monoisotopic (exact) mass is 277 g/mol. The van der Waals surface area contributed by atoms with Crippen LogP contribution in [0.4, 0.5) is 5.95 Å². The smallest absolute Gasteiger partial charge is 0.227 e. The minimum Gasteiger partial charge on any atom is -0.474 e. The van der Waals surface area contributed by atoms with E-state index in [9.17, 15) is 0 Å². The minimum absolute atomic E-state index is 0.327. The molecule has 5 heteroatoms. The van der Waals surface area contributed by atoms with Crippen LogP contribution in [0.2, 0.25) is 0 Å². The first-order valence-corrected chi connectivity index (χ1v) is 7.76. The van der Waals surface area contributed by atoms with Crippen LogP contribution in [0.15, 0.2) is 6.07 Å². The SMILES string of the molecule is CCNc1nc(OC2CCCC2)c2cc(C)sc2n1. The van der Waals surface area contributed by atoms with Crippen molar-refractivity contribution in [1.82, 2.24) is 9.97 Å². The number of rotatable bonds is 4. The van der Waals surface area contributed by atoms with Crippen LogP contribution in [0.1, 0.15) is 37.5 Å². The molecule has 19 heavy (non-hydrogen) atoms. The van der Waals surface area contributed by atoms with Crippen LogP contribution in [0, 0.1) is 6.92 Å². The van der Waals surface area contributed by atoms with E-state index in [2.05, 4.69) is 28.3 Å². The van der Waals surface area contributed by atoms with Gasteiger partial charge in [-0.15, -0.1) is 11.3 Å². The second-order valence-electron chi connectivity index (χ2n) is 4.98. The normalized spacial score (nSPS) is 16.1. The van der Waals surface area contributed by atoms with Gasteiger partial charge < -0.3 is 10.1 Å². The van der Waals surface area contributed by atoms with Gasteiger partial charge in [-0.1, -0.05) is 0 Å². The number of anilines is 1. The van der Waals surface area contributed by atoms with E-state index < -0.39 is 0 Å². The first kappa shape index (κ1) is 12.7. The van der Waals surface area contributed by atoms with Crippen LogP contribution in [0.3, 0.4) is 0 Å². The number of hydrogen-bond acceptors (Lipinski definition) is 5. The van der Waals surface area contributed by atoms with Gasteiger partial charge in [0.15, 0.2) is 0 Å². The van der Waals surface area contributed by atoms with E-state index in [4.69, 9.17) is 4.74 Å². The number of hydrogen-bond donors (Lipinski definition) is 1. The number of aryl methyl sites for hydroxylation is 1. The van der Waals surface area contributed by atoms with E-state index >= 15 is 0 Å². The molecule has 0 bridgehead atoms. The molecular weight excluding hydrogens is 258 g/mol. The third kappa shape index (κ3) is 2.66. The summed E-state index contributed by atoms with van der Waals surface area (Å²) >= 11 is 1.69. The van der Waals surface area contributed by atoms with Crippen molar-refractivity contribution in [2.45, 2.75) is 45.6 Å². The standard InChI is InChI=1S/C14H19N3OS/c1-3-15-14-16-12(18-10-6-4-5-7-10)11-8-9(2)19-13(11)17-14/h8,10H,3-7H2,1-2H3,(H,15,16,17). The van der Waals surface area contributed by atoms with Gasteiger partial charge >= 0.3 is 0 Å². The van der Waals surface area contributed by atoms with Crippen LogP contribution >= 0.6 is 11.3 Å². The summed E-state index contributed by atoms with van der Waals surface area (Å²) in [5.74, 6) is 1.42. The molecule has 0 amide bonds. The van der Waals surface area contributed by atoms with Gasteiger partial charge in [0.25, 0.3) is 0 Å². The maximum Gasteiger partial charge on any atom is 0.227 e. The Morgan fingerprint density at radius 2 is 2.16 bits per heavy atom. The zero-order chi connectivity index (χ0) is 13.2. The molecule has 0 aliphatic heterocycles. The van der Waals surface area contributed by atoms with Crippen molar-refractivity contribution in [2.75, 3.05) is 11.9 Å². The third-order valence-corrected chi connectivity index (χ3v) is 4.34. The summed E-state index contributed by atoms with van der Waals surface area (Å²) in [6.45, 7) is 4.96. The number of fused-ring (bicyclic) bond motifs is 1. The molecule has 1 aliphatic carbocycles. The minimum atomic E-state index is 0.327. The van der Waals surface area contributed by atoms with Gasteiger partial charge in [0.05, 0.1) is 5.39 Å². The Morgan fingerprint density at radius 1 is 1.37 bits per heavy atom. The second kappa shape index (κ2) is 5.33. The number of thiophene rings is 1. The lowest BCUT2D eigenvalue weighted by Crippen LogP contribution is -2.13. The summed E-state index contributed by atoms with van der Waals surface area (Å²) in [5, 5.41) is 4.23. The molecule has 2 aromatic rings. The van der Waals surface area contributed by atoms with Gasteiger partial charge in [0.2, 0.25) is 11.8 Å². The van der Waals surface area contributed by atoms with E-state index in [1.807, 2.05) is 6.92 Å². The molecule has 2 aromatic heterocycles. The Labute approximate surface area is 117 Å². The van der Waals surface area contributed by atoms with Gasteiger partial charge in [0, 0.05) is 11.4 Å². The summed E-state index contributed by atoms with van der Waals surface area (Å²) in [6.07, 6.45) is 5.15. The quantitative estimate of drug-likeness (QED) is 0.924. The predicted octanol–water partition coefficient (Wildman–Crippen LogP) is 3.75. The zero-order valence-electron chi connectivity index (χ0n) is 11.4. The van der Waals surface area contributed by atoms with Crippen molar-refractivity contribution in [3.05, 3.63) is 10.9 Å². The summed E-state index contributed by atoms with van der Waals surface area (Å²) < 4.78 is 6.10. The maximum absolute atomic E-state index is 6.10. The average molecular weight is 277 g/mol. The van der Waals surface area contributed by atoms with E-state index in [0.29, 0.717) is 12.1 Å². The molecule has 0 atom stereocenters. The topological polar surface area (TPSA) is 47.0 Å². The Balaban J connectivity index is 1.98. The highest BCUT2D eigenvalue weighted by Gasteiger charge is 2.20. The van der Waals surface area contributed by atoms with Crippen molar-refractivity contribution >= 4 is 27.5 Å². The predicted molar refractivity (Wildman–Crippen MR) is 79.2 cm³/mol. The van der Waals surface area contributed by atoms with Gasteiger partial charge in [-0.05, 0) is 45.6 Å². The molecule has 0 aromatic carbocycles. The summed E-state index contributed by atoms with van der Waals surface area (Å²) in [7, 11) is 0. The Hall–Kier alpha value is -1.36. The highest BCUT2D eigenvalue weighted by molar-refractivity contribution is 7.18. The maximum atomic E-state index is 6.10. The van der Waals surface area contributed by atoms with Crippen LogP contribution in [0.25, 0.3) is 10.2 Å². The Kier molecular flexibility index (Phi) is 3.55. The molecule has 1 N–H and O–H groups in total. The highest BCUT2D eigenvalue weighted by atomic mass is 32.1. The average Bonchev–Trinajstić information content (AvgIpc) is 2.98. The van der Waals surface area contributed by atoms with E-state index in [0.717, 1.165) is 35.5 Å². The first-order chi connectivity index (χ1) is 9.26. The van der Waals surface area contributed by atoms with Crippen molar-refractivity contribution in [2.24, 2.45) is 0 Å². The summed E-state index contributed by atoms with van der Waals surface area (Å²) in [5.41, 5.74) is 0. The van der Waals surface area contributed by atoms with Gasteiger partial charge in [-0.25, -0.2) is 4.98 Å². The van der Waals surface area contributed by atoms with Gasteiger partial charge in [-0.2, -0.15) is 4.98 Å². The molecule has 0 radical (unpaired) electrons. The van der Waals surface area contributed by atoms with E-state index in [1.54, 1.807) is 11.3 Å². The zero-order valence-corrected chi connectivity index (χ0v) is 12.2. The van der Waals surface area contributed by atoms with Crippen LogP contribution in [-0.4, -0.2) is 22.6 Å². The molecule has 0 unspecified atom stereocenters. The lowest BCUT2D eigenvalue weighted by atomic mass is 10.3. The summed E-state index contributed by atoms with van der Waals surface area (Å²) in [4.78, 5) is 11.3. The number of nitrogens with one attached hydrogen (secondary N) is 1. The first-order valence-electron chi connectivity index (χ1n) is 6.95. The molecule has 1 aliphatic rings. The molecule has 3 rings (SSSR count). The molecular formula is C14H19N3OS. The van der Waals surface area contributed by atoms with Crippen molar-refractivity contribution < 1.29 is 4.74 Å². The molecule has 0 spiro atoms. The fourth-order valence-electron chi connectivity index (χ4n) is 2.51. The van der Waals surface area contributed by atoms with Crippen molar-refractivity contribution in [3.63, 3.8) is 0 Å². The number of aromatic nitrogens is 2. The largest absolute Gasteiger partial charge is 0.474 e. The van der Waals surface area contributed by atoms with Crippen LogP contribution in [-0.2, 0) is 0 Å². The molecule has 0 saturated heterocycles.